The van der Waals surface area contributed by atoms with E-state index in [9.17, 15) is 5.11 Å². The number of phenolic OH excluding ortho intramolecular Hbond substituents is 1. The van der Waals surface area contributed by atoms with Crippen LogP contribution >= 0.6 is 11.6 Å². The van der Waals surface area contributed by atoms with Crippen LogP contribution in [-0.4, -0.2) is 15.1 Å². The summed E-state index contributed by atoms with van der Waals surface area (Å²) < 4.78 is 0. The summed E-state index contributed by atoms with van der Waals surface area (Å²) in [4.78, 5) is 8.67. The molecule has 0 saturated carbocycles. The van der Waals surface area contributed by atoms with Crippen LogP contribution in [0.25, 0.3) is 10.9 Å². The van der Waals surface area contributed by atoms with Crippen molar-refractivity contribution in [2.45, 2.75) is 6.04 Å². The Morgan fingerprint density at radius 1 is 0.885 bits per heavy atom. The lowest BCUT2D eigenvalue weighted by atomic mass is 9.96. The first kappa shape index (κ1) is 16.4. The van der Waals surface area contributed by atoms with Crippen molar-refractivity contribution in [2.24, 2.45) is 0 Å². The molecular formula is C21H16ClN3O. The van der Waals surface area contributed by atoms with E-state index in [0.29, 0.717) is 21.9 Å². The summed E-state index contributed by atoms with van der Waals surface area (Å²) in [6, 6.07) is 20.5. The summed E-state index contributed by atoms with van der Waals surface area (Å²) >= 11 is 6.20. The number of hydrogen-bond donors (Lipinski definition) is 2. The Morgan fingerprint density at radius 3 is 2.58 bits per heavy atom. The molecule has 26 heavy (non-hydrogen) atoms. The van der Waals surface area contributed by atoms with Crippen LogP contribution in [0.4, 0.5) is 5.82 Å². The van der Waals surface area contributed by atoms with Gasteiger partial charge in [0.2, 0.25) is 0 Å². The maximum absolute atomic E-state index is 10.9. The number of nitrogens with one attached hydrogen (secondary N) is 1. The molecule has 0 radical (unpaired) electrons. The number of nitrogens with zero attached hydrogens (tertiary/aromatic N) is 2. The highest BCUT2D eigenvalue weighted by atomic mass is 35.5. The minimum absolute atomic E-state index is 0.150. The molecule has 5 heteroatoms. The standard InChI is InChI=1S/C21H16ClN3O/c22-16-7-3-5-15(13-16)19(25-18-8-1-2-11-23-18)17-10-9-14-6-4-12-24-20(14)21(17)26/h1-13,19,26H,(H,23,25). The van der Waals surface area contributed by atoms with Gasteiger partial charge in [0.1, 0.15) is 17.1 Å². The lowest BCUT2D eigenvalue weighted by Crippen LogP contribution is -2.13. The van der Waals surface area contributed by atoms with Gasteiger partial charge in [0, 0.05) is 28.4 Å². The molecule has 0 bridgehead atoms. The largest absolute Gasteiger partial charge is 0.505 e. The number of hydrogen-bond acceptors (Lipinski definition) is 4. The molecule has 2 N–H and O–H groups in total. The maximum Gasteiger partial charge on any atom is 0.147 e. The quantitative estimate of drug-likeness (QED) is 0.525. The fourth-order valence-electron chi connectivity index (χ4n) is 3.00. The van der Waals surface area contributed by atoms with Crippen LogP contribution in [0.2, 0.25) is 5.02 Å². The predicted molar refractivity (Wildman–Crippen MR) is 105 cm³/mol. The van der Waals surface area contributed by atoms with Crippen LogP contribution in [0.5, 0.6) is 5.75 Å². The average molecular weight is 362 g/mol. The predicted octanol–water partition coefficient (Wildman–Crippen LogP) is 5.19. The van der Waals surface area contributed by atoms with Crippen LogP contribution in [-0.2, 0) is 0 Å². The van der Waals surface area contributed by atoms with Crippen molar-refractivity contribution in [1.29, 1.82) is 0 Å². The summed E-state index contributed by atoms with van der Waals surface area (Å²) in [5.41, 5.74) is 2.21. The normalized spacial score (nSPS) is 12.0. The minimum atomic E-state index is -0.324. The second kappa shape index (κ2) is 7.02. The summed E-state index contributed by atoms with van der Waals surface area (Å²) in [7, 11) is 0. The van der Waals surface area contributed by atoms with Gasteiger partial charge in [-0.3, -0.25) is 4.98 Å². The molecule has 4 aromatic rings. The van der Waals surface area contributed by atoms with Crippen molar-refractivity contribution in [2.75, 3.05) is 5.32 Å². The Labute approximate surface area is 156 Å². The van der Waals surface area contributed by atoms with E-state index < -0.39 is 0 Å². The molecule has 2 aromatic carbocycles. The molecule has 128 valence electrons. The van der Waals surface area contributed by atoms with Gasteiger partial charge >= 0.3 is 0 Å². The SMILES string of the molecule is Oc1c(C(Nc2ccccn2)c2cccc(Cl)c2)ccc2cccnc12. The smallest absolute Gasteiger partial charge is 0.147 e. The lowest BCUT2D eigenvalue weighted by Gasteiger charge is -2.22. The third-order valence-electron chi connectivity index (χ3n) is 4.23. The molecule has 0 saturated heterocycles. The molecule has 4 rings (SSSR count). The highest BCUT2D eigenvalue weighted by molar-refractivity contribution is 6.30. The number of pyridine rings is 2. The molecule has 1 atom stereocenters. The molecule has 0 aliphatic rings. The highest BCUT2D eigenvalue weighted by Crippen LogP contribution is 2.36. The maximum atomic E-state index is 10.9. The lowest BCUT2D eigenvalue weighted by molar-refractivity contribution is 0.471. The Balaban J connectivity index is 1.86. The monoisotopic (exact) mass is 361 g/mol. The fraction of sp³-hybridized carbons (Fsp3) is 0.0476. The van der Waals surface area contributed by atoms with Gasteiger partial charge < -0.3 is 10.4 Å². The number of anilines is 1. The van der Waals surface area contributed by atoms with E-state index in [0.717, 1.165) is 10.9 Å². The minimum Gasteiger partial charge on any atom is -0.505 e. The first-order valence-corrected chi connectivity index (χ1v) is 8.60. The third kappa shape index (κ3) is 3.19. The number of halogens is 1. The van der Waals surface area contributed by atoms with Crippen molar-refractivity contribution in [1.82, 2.24) is 9.97 Å². The summed E-state index contributed by atoms with van der Waals surface area (Å²) in [5, 5.41) is 15.8. The fourth-order valence-corrected chi connectivity index (χ4v) is 3.20. The van der Waals surface area contributed by atoms with Gasteiger partial charge in [-0.1, -0.05) is 48.0 Å². The van der Waals surface area contributed by atoms with E-state index >= 15 is 0 Å². The van der Waals surface area contributed by atoms with Gasteiger partial charge in [-0.15, -0.1) is 0 Å². The van der Waals surface area contributed by atoms with E-state index in [4.69, 9.17) is 11.6 Å². The van der Waals surface area contributed by atoms with Gasteiger partial charge in [-0.25, -0.2) is 4.98 Å². The van der Waals surface area contributed by atoms with Crippen molar-refractivity contribution in [3.63, 3.8) is 0 Å². The van der Waals surface area contributed by atoms with E-state index in [1.54, 1.807) is 12.4 Å². The molecule has 2 heterocycles. The Morgan fingerprint density at radius 2 is 1.77 bits per heavy atom. The molecule has 0 spiro atoms. The second-order valence-electron chi connectivity index (χ2n) is 5.93. The number of fused-ring (bicyclic) bond motifs is 1. The molecule has 0 aliphatic heterocycles. The molecule has 2 aromatic heterocycles. The Kier molecular flexibility index (Phi) is 4.42. The Bertz CT molecular complexity index is 1050. The van der Waals surface area contributed by atoms with Gasteiger partial charge in [-0.2, -0.15) is 0 Å². The molecule has 0 aliphatic carbocycles. The highest BCUT2D eigenvalue weighted by Gasteiger charge is 2.20. The number of rotatable bonds is 4. The van der Waals surface area contributed by atoms with Gasteiger partial charge in [0.05, 0.1) is 6.04 Å². The van der Waals surface area contributed by atoms with Gasteiger partial charge in [0.25, 0.3) is 0 Å². The first-order valence-electron chi connectivity index (χ1n) is 8.22. The van der Waals surface area contributed by atoms with Crippen LogP contribution in [0.3, 0.4) is 0 Å². The number of benzene rings is 2. The molecular weight excluding hydrogens is 346 g/mol. The van der Waals surface area contributed by atoms with Crippen LogP contribution < -0.4 is 5.32 Å². The zero-order chi connectivity index (χ0) is 17.9. The topological polar surface area (TPSA) is 58.0 Å². The number of phenols is 1. The summed E-state index contributed by atoms with van der Waals surface area (Å²) in [6.07, 6.45) is 3.39. The number of aromatic nitrogens is 2. The number of aromatic hydroxyl groups is 1. The van der Waals surface area contributed by atoms with Crippen LogP contribution in [0.1, 0.15) is 17.2 Å². The zero-order valence-electron chi connectivity index (χ0n) is 13.8. The molecule has 0 amide bonds. The molecule has 1 unspecified atom stereocenters. The van der Waals surface area contributed by atoms with E-state index in [2.05, 4.69) is 15.3 Å². The summed E-state index contributed by atoms with van der Waals surface area (Å²) in [6.45, 7) is 0. The molecule has 0 fully saturated rings. The van der Waals surface area contributed by atoms with Crippen LogP contribution in [0.15, 0.2) is 79.1 Å². The van der Waals surface area contributed by atoms with Gasteiger partial charge in [0.15, 0.2) is 0 Å². The van der Waals surface area contributed by atoms with Crippen molar-refractivity contribution in [3.05, 3.63) is 95.3 Å². The second-order valence-corrected chi connectivity index (χ2v) is 6.36. The zero-order valence-corrected chi connectivity index (χ0v) is 14.6. The van der Waals surface area contributed by atoms with Crippen molar-refractivity contribution in [3.8, 4) is 5.75 Å². The van der Waals surface area contributed by atoms with Crippen molar-refractivity contribution >= 4 is 28.3 Å². The molecule has 4 nitrogen and oxygen atoms in total. The third-order valence-corrected chi connectivity index (χ3v) is 4.46. The summed E-state index contributed by atoms with van der Waals surface area (Å²) in [5.74, 6) is 0.856. The van der Waals surface area contributed by atoms with E-state index in [1.165, 1.54) is 0 Å². The van der Waals surface area contributed by atoms with E-state index in [1.807, 2.05) is 66.7 Å². The van der Waals surface area contributed by atoms with Crippen LogP contribution in [0, 0.1) is 0 Å². The Hall–Kier alpha value is -3.11. The van der Waals surface area contributed by atoms with Gasteiger partial charge in [-0.05, 0) is 35.9 Å². The van der Waals surface area contributed by atoms with Crippen molar-refractivity contribution < 1.29 is 5.11 Å². The van der Waals surface area contributed by atoms with E-state index in [-0.39, 0.29) is 11.8 Å². The first-order chi connectivity index (χ1) is 12.7. The average Bonchev–Trinajstić information content (AvgIpc) is 2.68.